The number of nitriles is 1. The molecule has 0 aliphatic carbocycles. The van der Waals surface area contributed by atoms with Crippen LogP contribution in [0.3, 0.4) is 0 Å². The van der Waals surface area contributed by atoms with Crippen molar-refractivity contribution in [2.45, 2.75) is 17.4 Å². The molecule has 1 amide bonds. The van der Waals surface area contributed by atoms with Gasteiger partial charge in [0.15, 0.2) is 0 Å². The Hall–Kier alpha value is -3.31. The van der Waals surface area contributed by atoms with Gasteiger partial charge in [0.2, 0.25) is 12.0 Å². The summed E-state index contributed by atoms with van der Waals surface area (Å²) in [7, 11) is 0. The van der Waals surface area contributed by atoms with E-state index in [-0.39, 0.29) is 23.8 Å². The van der Waals surface area contributed by atoms with Crippen molar-refractivity contribution in [3.63, 3.8) is 0 Å². The molecular formula is C20H16N2O5S. The third-order valence-corrected chi connectivity index (χ3v) is 4.95. The Morgan fingerprint density at radius 3 is 2.82 bits per heavy atom. The summed E-state index contributed by atoms with van der Waals surface area (Å²) in [6, 6.07) is 15.3. The van der Waals surface area contributed by atoms with Crippen LogP contribution in [0.15, 0.2) is 53.4 Å². The number of nitrogens with one attached hydrogen (secondary N) is 1. The lowest BCUT2D eigenvalue weighted by molar-refractivity contribution is -0.145. The van der Waals surface area contributed by atoms with E-state index in [2.05, 4.69) is 5.32 Å². The smallest absolute Gasteiger partial charge is 0.347 e. The fourth-order valence-electron chi connectivity index (χ4n) is 2.55. The first-order valence-corrected chi connectivity index (χ1v) is 9.45. The van der Waals surface area contributed by atoms with Gasteiger partial charge in [0, 0.05) is 17.0 Å². The van der Waals surface area contributed by atoms with Crippen LogP contribution in [0.1, 0.15) is 22.3 Å². The summed E-state index contributed by atoms with van der Waals surface area (Å²) in [5, 5.41) is 11.6. The molecule has 1 atom stereocenters. The maximum atomic E-state index is 12.4. The highest BCUT2D eigenvalue weighted by atomic mass is 32.2. The van der Waals surface area contributed by atoms with E-state index in [4.69, 9.17) is 14.7 Å². The highest BCUT2D eigenvalue weighted by Crippen LogP contribution is 2.25. The van der Waals surface area contributed by atoms with Gasteiger partial charge in [-0.15, -0.1) is 11.8 Å². The van der Waals surface area contributed by atoms with Gasteiger partial charge in [-0.05, 0) is 30.3 Å². The number of thioether (sulfide) groups is 1. The molecule has 1 N–H and O–H groups in total. The van der Waals surface area contributed by atoms with Crippen LogP contribution in [0.4, 0.5) is 5.69 Å². The molecule has 0 bridgehead atoms. The van der Waals surface area contributed by atoms with Crippen LogP contribution < -0.4 is 5.32 Å². The molecule has 8 heteroatoms. The molecule has 2 aromatic rings. The van der Waals surface area contributed by atoms with Crippen LogP contribution in [0.5, 0.6) is 0 Å². The van der Waals surface area contributed by atoms with Crippen molar-refractivity contribution in [2.75, 3.05) is 17.7 Å². The van der Waals surface area contributed by atoms with Crippen molar-refractivity contribution in [2.24, 2.45) is 0 Å². The number of esters is 2. The molecule has 0 unspecified atom stereocenters. The van der Waals surface area contributed by atoms with E-state index in [9.17, 15) is 14.4 Å². The lowest BCUT2D eigenvalue weighted by Gasteiger charge is -2.11. The number of ether oxygens (including phenoxy) is 2. The number of nitrogens with zero attached hydrogens (tertiary/aromatic N) is 1. The van der Waals surface area contributed by atoms with Crippen LogP contribution in [0.25, 0.3) is 0 Å². The first-order chi connectivity index (χ1) is 13.6. The fraction of sp³-hybridized carbons (Fsp3) is 0.200. The van der Waals surface area contributed by atoms with Gasteiger partial charge in [-0.25, -0.2) is 9.59 Å². The van der Waals surface area contributed by atoms with Gasteiger partial charge < -0.3 is 14.8 Å². The van der Waals surface area contributed by atoms with Crippen LogP contribution >= 0.6 is 11.8 Å². The number of hydrogen-bond donors (Lipinski definition) is 1. The molecule has 0 saturated carbocycles. The van der Waals surface area contributed by atoms with Gasteiger partial charge in [-0.3, -0.25) is 4.79 Å². The quantitative estimate of drug-likeness (QED) is 0.591. The molecule has 3 rings (SSSR count). The summed E-state index contributed by atoms with van der Waals surface area (Å²) in [6.45, 7) is 0.236. The van der Waals surface area contributed by atoms with Crippen LogP contribution in [0, 0.1) is 11.3 Å². The van der Waals surface area contributed by atoms with E-state index in [1.54, 1.807) is 48.5 Å². The summed E-state index contributed by atoms with van der Waals surface area (Å²) in [6.07, 6.45) is -0.550. The molecule has 0 aromatic heterocycles. The minimum absolute atomic E-state index is 0.0620. The maximum Gasteiger partial charge on any atom is 0.347 e. The maximum absolute atomic E-state index is 12.4. The van der Waals surface area contributed by atoms with Gasteiger partial charge in [0.25, 0.3) is 0 Å². The summed E-state index contributed by atoms with van der Waals surface area (Å²) >= 11 is 1.18. The standard InChI is InChI=1S/C20H16N2O5S/c21-11-13-4-3-5-14(10-13)22-18(23)12-28-17-7-2-1-6-15(17)19(24)27-16-8-9-26-20(16)25/h1-7,10,16H,8-9,12H2,(H,22,23)/t16-/m0/s1. The minimum atomic E-state index is -0.888. The number of carbonyl (C=O) groups is 3. The zero-order valence-electron chi connectivity index (χ0n) is 14.7. The number of hydrogen-bond acceptors (Lipinski definition) is 7. The van der Waals surface area contributed by atoms with Crippen LogP contribution in [0.2, 0.25) is 0 Å². The van der Waals surface area contributed by atoms with Gasteiger partial charge in [0.05, 0.1) is 29.6 Å². The Morgan fingerprint density at radius 2 is 2.07 bits per heavy atom. The Morgan fingerprint density at radius 1 is 1.25 bits per heavy atom. The van der Waals surface area contributed by atoms with Gasteiger partial charge >= 0.3 is 11.9 Å². The predicted molar refractivity (Wildman–Crippen MR) is 102 cm³/mol. The second-order valence-corrected chi connectivity index (χ2v) is 6.89. The summed E-state index contributed by atoms with van der Waals surface area (Å²) < 4.78 is 10.0. The van der Waals surface area contributed by atoms with Crippen molar-refractivity contribution in [1.82, 2.24) is 0 Å². The third-order valence-electron chi connectivity index (χ3n) is 3.88. The lowest BCUT2D eigenvalue weighted by Crippen LogP contribution is -2.23. The molecule has 1 fully saturated rings. The second kappa shape index (κ2) is 9.06. The van der Waals surface area contributed by atoms with Gasteiger partial charge in [-0.2, -0.15) is 5.26 Å². The molecule has 2 aromatic carbocycles. The van der Waals surface area contributed by atoms with Crippen molar-refractivity contribution < 1.29 is 23.9 Å². The highest BCUT2D eigenvalue weighted by molar-refractivity contribution is 8.00. The zero-order chi connectivity index (χ0) is 19.9. The molecule has 1 aliphatic heterocycles. The van der Waals surface area contributed by atoms with Crippen molar-refractivity contribution in [3.8, 4) is 6.07 Å². The van der Waals surface area contributed by atoms with E-state index in [1.165, 1.54) is 11.8 Å². The Balaban J connectivity index is 1.61. The van der Waals surface area contributed by atoms with E-state index in [0.717, 1.165) is 0 Å². The molecule has 0 radical (unpaired) electrons. The molecule has 1 saturated heterocycles. The molecule has 142 valence electrons. The molecular weight excluding hydrogens is 380 g/mol. The molecule has 1 aliphatic rings. The Labute approximate surface area is 165 Å². The third kappa shape index (κ3) is 4.90. The number of benzene rings is 2. The number of rotatable bonds is 6. The summed E-state index contributed by atoms with van der Waals surface area (Å²) in [5.74, 6) is -1.39. The zero-order valence-corrected chi connectivity index (χ0v) is 15.5. The number of cyclic esters (lactones) is 1. The summed E-state index contributed by atoms with van der Waals surface area (Å²) in [4.78, 5) is 36.6. The average Bonchev–Trinajstić information content (AvgIpc) is 3.11. The Bertz CT molecular complexity index is 954. The number of amides is 1. The largest absolute Gasteiger partial charge is 0.463 e. The Kier molecular flexibility index (Phi) is 6.29. The number of anilines is 1. The van der Waals surface area contributed by atoms with Crippen molar-refractivity contribution >= 4 is 35.3 Å². The second-order valence-electron chi connectivity index (χ2n) is 5.88. The van der Waals surface area contributed by atoms with E-state index in [0.29, 0.717) is 22.6 Å². The van der Waals surface area contributed by atoms with E-state index in [1.807, 2.05) is 6.07 Å². The van der Waals surface area contributed by atoms with Crippen LogP contribution in [-0.2, 0) is 19.1 Å². The van der Waals surface area contributed by atoms with Gasteiger partial charge in [0.1, 0.15) is 0 Å². The minimum Gasteiger partial charge on any atom is -0.463 e. The predicted octanol–water partition coefficient (Wildman–Crippen LogP) is 2.76. The number of carbonyl (C=O) groups excluding carboxylic acids is 3. The SMILES string of the molecule is N#Cc1cccc(NC(=O)CSc2ccccc2C(=O)O[C@H]2CCOC2=O)c1. The average molecular weight is 396 g/mol. The highest BCUT2D eigenvalue weighted by Gasteiger charge is 2.31. The van der Waals surface area contributed by atoms with Crippen LogP contribution in [-0.4, -0.2) is 36.3 Å². The van der Waals surface area contributed by atoms with Gasteiger partial charge in [-0.1, -0.05) is 18.2 Å². The topological polar surface area (TPSA) is 105 Å². The molecule has 28 heavy (non-hydrogen) atoms. The first kappa shape index (κ1) is 19.5. The van der Waals surface area contributed by atoms with Crippen molar-refractivity contribution in [3.05, 3.63) is 59.7 Å². The molecule has 1 heterocycles. The summed E-state index contributed by atoms with van der Waals surface area (Å²) in [5.41, 5.74) is 1.26. The monoisotopic (exact) mass is 396 g/mol. The molecule has 0 spiro atoms. The normalized spacial score (nSPS) is 15.4. The molecule has 7 nitrogen and oxygen atoms in total. The van der Waals surface area contributed by atoms with Crippen molar-refractivity contribution in [1.29, 1.82) is 5.26 Å². The van der Waals surface area contributed by atoms with E-state index < -0.39 is 18.0 Å². The van der Waals surface area contributed by atoms with E-state index >= 15 is 0 Å². The lowest BCUT2D eigenvalue weighted by atomic mass is 10.2. The first-order valence-electron chi connectivity index (χ1n) is 8.46. The fourth-order valence-corrected chi connectivity index (χ4v) is 3.39.